The Labute approximate surface area is 164 Å². The molecule has 1 aliphatic carbocycles. The van der Waals surface area contributed by atoms with E-state index >= 15 is 0 Å². The molecular weight excluding hydrogens is 356 g/mol. The van der Waals surface area contributed by atoms with Gasteiger partial charge in [0.05, 0.1) is 0 Å². The molecule has 28 heavy (non-hydrogen) atoms. The Balaban J connectivity index is 1.28. The van der Waals surface area contributed by atoms with Crippen LogP contribution >= 0.6 is 0 Å². The van der Waals surface area contributed by atoms with Crippen molar-refractivity contribution >= 4 is 23.2 Å². The Bertz CT molecular complexity index is 871. The molecule has 6 nitrogen and oxygen atoms in total. The van der Waals surface area contributed by atoms with Crippen molar-refractivity contribution in [1.82, 2.24) is 0 Å². The van der Waals surface area contributed by atoms with E-state index in [4.69, 9.17) is 9.47 Å². The number of amides is 2. The molecule has 6 heteroatoms. The number of nitrogens with one attached hydrogen (secondary N) is 2. The fraction of sp³-hybridized carbons (Fsp3) is 0.364. The van der Waals surface area contributed by atoms with E-state index in [1.807, 2.05) is 37.3 Å². The molecule has 0 bridgehead atoms. The lowest BCUT2D eigenvalue weighted by atomic mass is 9.81. The van der Waals surface area contributed by atoms with Crippen molar-refractivity contribution in [3.63, 3.8) is 0 Å². The predicted molar refractivity (Wildman–Crippen MR) is 106 cm³/mol. The molecule has 2 amide bonds. The number of ether oxygens (including phenoxy) is 2. The number of carbonyl (C=O) groups is 2. The predicted octanol–water partition coefficient (Wildman–Crippen LogP) is 4.11. The van der Waals surface area contributed by atoms with Crippen molar-refractivity contribution in [2.75, 3.05) is 17.4 Å². The minimum Gasteiger partial charge on any atom is -0.454 e. The van der Waals surface area contributed by atoms with E-state index in [9.17, 15) is 9.59 Å². The second kappa shape index (κ2) is 7.92. The quantitative estimate of drug-likeness (QED) is 0.837. The standard InChI is InChI=1S/C22H24N2O4/c1-14-2-8-17(9-3-14)23-21(25)15-4-6-16(7-5-15)22(26)24-18-10-11-19-20(12-18)28-13-27-19/h2-3,8-12,15-16H,4-7,13H2,1H3,(H,23,25)(H,24,26). The van der Waals surface area contributed by atoms with Crippen LogP contribution in [0.2, 0.25) is 0 Å². The Hall–Kier alpha value is -3.02. The molecule has 146 valence electrons. The maximum absolute atomic E-state index is 12.6. The summed E-state index contributed by atoms with van der Waals surface area (Å²) in [5.41, 5.74) is 2.68. The second-order valence-electron chi connectivity index (χ2n) is 7.46. The molecule has 0 aromatic heterocycles. The Morgan fingerprint density at radius 1 is 0.786 bits per heavy atom. The molecule has 0 radical (unpaired) electrons. The molecule has 1 heterocycles. The van der Waals surface area contributed by atoms with Crippen LogP contribution in [-0.2, 0) is 9.59 Å². The number of anilines is 2. The molecule has 0 atom stereocenters. The Morgan fingerprint density at radius 3 is 1.96 bits per heavy atom. The first-order valence-electron chi connectivity index (χ1n) is 9.66. The van der Waals surface area contributed by atoms with E-state index in [-0.39, 0.29) is 30.4 Å². The van der Waals surface area contributed by atoms with Gasteiger partial charge in [0.2, 0.25) is 18.6 Å². The maximum atomic E-state index is 12.6. The number of rotatable bonds is 4. The molecule has 0 saturated heterocycles. The van der Waals surface area contributed by atoms with E-state index in [2.05, 4.69) is 10.6 Å². The number of hydrogen-bond acceptors (Lipinski definition) is 4. The number of benzene rings is 2. The van der Waals surface area contributed by atoms with Crippen LogP contribution in [0, 0.1) is 18.8 Å². The van der Waals surface area contributed by atoms with Gasteiger partial charge in [-0.1, -0.05) is 17.7 Å². The number of fused-ring (bicyclic) bond motifs is 1. The third-order valence-corrected chi connectivity index (χ3v) is 5.43. The highest BCUT2D eigenvalue weighted by molar-refractivity contribution is 5.94. The van der Waals surface area contributed by atoms with Crippen LogP contribution in [0.4, 0.5) is 11.4 Å². The van der Waals surface area contributed by atoms with Gasteiger partial charge < -0.3 is 20.1 Å². The lowest BCUT2D eigenvalue weighted by Gasteiger charge is -2.27. The zero-order valence-corrected chi connectivity index (χ0v) is 15.9. The summed E-state index contributed by atoms with van der Waals surface area (Å²) >= 11 is 0. The molecule has 1 fully saturated rings. The summed E-state index contributed by atoms with van der Waals surface area (Å²) in [5.74, 6) is 1.26. The van der Waals surface area contributed by atoms with Crippen LogP contribution in [0.1, 0.15) is 31.2 Å². The third-order valence-electron chi connectivity index (χ3n) is 5.43. The molecular formula is C22H24N2O4. The van der Waals surface area contributed by atoms with Crippen LogP contribution in [-0.4, -0.2) is 18.6 Å². The average Bonchev–Trinajstić information content (AvgIpc) is 3.17. The molecule has 1 saturated carbocycles. The summed E-state index contributed by atoms with van der Waals surface area (Å²) in [6, 6.07) is 13.2. The first-order valence-corrected chi connectivity index (χ1v) is 9.66. The van der Waals surface area contributed by atoms with Crippen molar-refractivity contribution in [2.45, 2.75) is 32.6 Å². The van der Waals surface area contributed by atoms with Gasteiger partial charge in [0.25, 0.3) is 0 Å². The molecule has 1 aliphatic heterocycles. The van der Waals surface area contributed by atoms with Crippen LogP contribution < -0.4 is 20.1 Å². The largest absolute Gasteiger partial charge is 0.454 e. The van der Waals surface area contributed by atoms with Crippen LogP contribution in [0.15, 0.2) is 42.5 Å². The summed E-state index contributed by atoms with van der Waals surface area (Å²) in [5, 5.41) is 5.94. The van der Waals surface area contributed by atoms with Gasteiger partial charge >= 0.3 is 0 Å². The molecule has 2 aliphatic rings. The van der Waals surface area contributed by atoms with E-state index in [1.165, 1.54) is 0 Å². The highest BCUT2D eigenvalue weighted by atomic mass is 16.7. The van der Waals surface area contributed by atoms with Gasteiger partial charge in [0.15, 0.2) is 11.5 Å². The molecule has 0 spiro atoms. The first kappa shape index (κ1) is 18.3. The van der Waals surface area contributed by atoms with Gasteiger partial charge in [-0.05, 0) is 56.9 Å². The fourth-order valence-corrected chi connectivity index (χ4v) is 3.72. The van der Waals surface area contributed by atoms with Gasteiger partial charge in [-0.15, -0.1) is 0 Å². The molecule has 2 aromatic carbocycles. The van der Waals surface area contributed by atoms with Gasteiger partial charge in [0.1, 0.15) is 0 Å². The summed E-state index contributed by atoms with van der Waals surface area (Å²) in [4.78, 5) is 25.1. The smallest absolute Gasteiger partial charge is 0.231 e. The Kier molecular flexibility index (Phi) is 5.19. The van der Waals surface area contributed by atoms with Gasteiger partial charge in [-0.3, -0.25) is 9.59 Å². The summed E-state index contributed by atoms with van der Waals surface area (Å²) < 4.78 is 10.6. The van der Waals surface area contributed by atoms with Gasteiger partial charge in [0, 0.05) is 29.3 Å². The third kappa shape index (κ3) is 4.11. The lowest BCUT2D eigenvalue weighted by Crippen LogP contribution is -2.32. The molecule has 2 N–H and O–H groups in total. The normalized spacial score (nSPS) is 20.5. The van der Waals surface area contributed by atoms with Gasteiger partial charge in [-0.2, -0.15) is 0 Å². The highest BCUT2D eigenvalue weighted by Gasteiger charge is 2.30. The zero-order chi connectivity index (χ0) is 19.5. The summed E-state index contributed by atoms with van der Waals surface area (Å²) in [6.07, 6.45) is 2.86. The maximum Gasteiger partial charge on any atom is 0.231 e. The van der Waals surface area contributed by atoms with Crippen molar-refractivity contribution in [2.24, 2.45) is 11.8 Å². The number of aryl methyl sites for hydroxylation is 1. The van der Waals surface area contributed by atoms with E-state index in [0.29, 0.717) is 30.0 Å². The van der Waals surface area contributed by atoms with Crippen molar-refractivity contribution in [3.8, 4) is 11.5 Å². The van der Waals surface area contributed by atoms with Crippen LogP contribution in [0.3, 0.4) is 0 Å². The molecule has 4 rings (SSSR count). The first-order chi connectivity index (χ1) is 13.6. The monoisotopic (exact) mass is 380 g/mol. The fourth-order valence-electron chi connectivity index (χ4n) is 3.72. The lowest BCUT2D eigenvalue weighted by molar-refractivity contribution is -0.125. The van der Waals surface area contributed by atoms with Crippen molar-refractivity contribution in [3.05, 3.63) is 48.0 Å². The summed E-state index contributed by atoms with van der Waals surface area (Å²) in [7, 11) is 0. The topological polar surface area (TPSA) is 76.7 Å². The number of carbonyl (C=O) groups excluding carboxylic acids is 2. The van der Waals surface area contributed by atoms with Crippen LogP contribution in [0.25, 0.3) is 0 Å². The zero-order valence-electron chi connectivity index (χ0n) is 15.9. The van der Waals surface area contributed by atoms with E-state index in [1.54, 1.807) is 12.1 Å². The van der Waals surface area contributed by atoms with Crippen LogP contribution in [0.5, 0.6) is 11.5 Å². The SMILES string of the molecule is Cc1ccc(NC(=O)C2CCC(C(=O)Nc3ccc4c(c3)OCO4)CC2)cc1. The van der Waals surface area contributed by atoms with E-state index in [0.717, 1.165) is 24.1 Å². The van der Waals surface area contributed by atoms with E-state index < -0.39 is 0 Å². The Morgan fingerprint density at radius 2 is 1.32 bits per heavy atom. The van der Waals surface area contributed by atoms with Crippen molar-refractivity contribution < 1.29 is 19.1 Å². The molecule has 0 unspecified atom stereocenters. The average molecular weight is 380 g/mol. The number of hydrogen-bond donors (Lipinski definition) is 2. The van der Waals surface area contributed by atoms with Crippen molar-refractivity contribution in [1.29, 1.82) is 0 Å². The summed E-state index contributed by atoms with van der Waals surface area (Å²) in [6.45, 7) is 2.23. The highest BCUT2D eigenvalue weighted by Crippen LogP contribution is 2.35. The molecule has 2 aromatic rings. The van der Waals surface area contributed by atoms with Gasteiger partial charge in [-0.25, -0.2) is 0 Å². The minimum absolute atomic E-state index is 0.00346. The minimum atomic E-state index is -0.0751. The second-order valence-corrected chi connectivity index (χ2v) is 7.46.